The first-order valence-corrected chi connectivity index (χ1v) is 32.9. The Labute approximate surface area is 433 Å². The van der Waals surface area contributed by atoms with Crippen molar-refractivity contribution < 1.29 is 0 Å². The summed E-state index contributed by atoms with van der Waals surface area (Å²) in [7, 11) is 0. The summed E-state index contributed by atoms with van der Waals surface area (Å²) >= 11 is 24.4. The molecule has 5 aliphatic heterocycles. The molecule has 4 N–H and O–H groups in total. The van der Waals surface area contributed by atoms with Crippen LogP contribution in [-0.2, 0) is 21.7 Å². The van der Waals surface area contributed by atoms with Crippen molar-refractivity contribution >= 4 is 141 Å². The van der Waals surface area contributed by atoms with Crippen LogP contribution in [0.3, 0.4) is 0 Å². The number of hydrogen-bond donors (Lipinski definition) is 4. The standard InChI is InChI=1S/C48H60N4S12/c1-13-21-53-37-38(54-22-14-2)62-43(61-37)41-57-29-31(59-41)35-48(11,12)36-32-30(58-42(60-32)44-63-39(55-23-15-3)40(64-44)56-24-16-4)34(52-36)47(9,10)28-20-18-26(50-28)45(5,6)25-17-19-27(49-25)46(7,8)33(29)51-35/h17-20,49-52H,13-16,21-24H2,1-12H3. The Morgan fingerprint density at radius 1 is 0.344 bits per heavy atom. The number of hydrogen-bond acceptors (Lipinski definition) is 12. The zero-order valence-electron chi connectivity index (χ0n) is 38.9. The molecule has 0 amide bonds. The first-order chi connectivity index (χ1) is 30.5. The number of fused-ring (bicyclic) bond motifs is 14. The maximum Gasteiger partial charge on any atom is 0.0717 e. The second-order valence-electron chi connectivity index (χ2n) is 18.6. The van der Waals surface area contributed by atoms with Crippen LogP contribution in [0.2, 0.25) is 0 Å². The number of aromatic amines is 4. The highest BCUT2D eigenvalue weighted by Gasteiger charge is 2.47. The molecule has 9 heterocycles. The SMILES string of the molecule is CCCSC1=C(SCCC)SC(=C2Sc3c4[nH]c(c3S2)C(C)(C)c2[nH]c(c3c2SC(=C2SC(SCCC)=C(SCCC)S2)S3)C(C)(C)c2ccc([nH]2)C(C)(C)c2ccc([nH]2)C4(C)C)S1. The molecule has 5 aliphatic rings. The van der Waals surface area contributed by atoms with E-state index in [0.717, 1.165) is 23.0 Å². The predicted octanol–water partition coefficient (Wildman–Crippen LogP) is 19.1. The van der Waals surface area contributed by atoms with E-state index in [2.05, 4.69) is 174 Å². The average Bonchev–Trinajstić information content (AvgIpc) is 4.10. The molecule has 0 radical (unpaired) electrons. The van der Waals surface area contributed by atoms with Gasteiger partial charge in [-0.3, -0.25) is 0 Å². The highest BCUT2D eigenvalue weighted by atomic mass is 32.3. The second kappa shape index (κ2) is 19.5. The molecule has 64 heavy (non-hydrogen) atoms. The van der Waals surface area contributed by atoms with E-state index in [4.69, 9.17) is 0 Å². The van der Waals surface area contributed by atoms with Crippen LogP contribution in [0.25, 0.3) is 0 Å². The fourth-order valence-electron chi connectivity index (χ4n) is 8.29. The average molecular weight is 1080 g/mol. The van der Waals surface area contributed by atoms with E-state index in [1.807, 2.05) is 94.1 Å². The zero-order chi connectivity index (χ0) is 45.3. The molecule has 344 valence electrons. The summed E-state index contributed by atoms with van der Waals surface area (Å²) in [6.07, 6.45) is 4.76. The number of rotatable bonds is 12. The normalized spacial score (nSPS) is 20.7. The lowest BCUT2D eigenvalue weighted by Crippen LogP contribution is -2.27. The molecule has 0 fully saturated rings. The van der Waals surface area contributed by atoms with Crippen molar-refractivity contribution in [3.8, 4) is 0 Å². The van der Waals surface area contributed by atoms with Crippen molar-refractivity contribution in [2.24, 2.45) is 0 Å². The Bertz CT molecular complexity index is 2370. The van der Waals surface area contributed by atoms with Crippen molar-refractivity contribution in [1.82, 2.24) is 19.9 Å². The topological polar surface area (TPSA) is 63.2 Å². The molecule has 16 heteroatoms. The van der Waals surface area contributed by atoms with Crippen molar-refractivity contribution in [3.63, 3.8) is 0 Å². The van der Waals surface area contributed by atoms with Gasteiger partial charge in [-0.2, -0.15) is 0 Å². The van der Waals surface area contributed by atoms with E-state index in [1.54, 1.807) is 0 Å². The van der Waals surface area contributed by atoms with Gasteiger partial charge in [-0.25, -0.2) is 0 Å². The minimum absolute atomic E-state index is 0.256. The molecule has 4 aromatic rings. The summed E-state index contributed by atoms with van der Waals surface area (Å²) in [5, 5.41) is 0. The molecule has 0 saturated heterocycles. The van der Waals surface area contributed by atoms with Gasteiger partial charge in [0.1, 0.15) is 0 Å². The summed E-state index contributed by atoms with van der Waals surface area (Å²) in [6.45, 7) is 28.5. The Kier molecular flexibility index (Phi) is 15.0. The van der Waals surface area contributed by atoms with E-state index in [-0.39, 0.29) is 21.7 Å². The van der Waals surface area contributed by atoms with E-state index >= 15 is 0 Å². The molecule has 0 atom stereocenters. The smallest absolute Gasteiger partial charge is 0.0717 e. The zero-order valence-corrected chi connectivity index (χ0v) is 48.7. The van der Waals surface area contributed by atoms with Crippen molar-refractivity contribution in [2.45, 2.75) is 150 Å². The molecule has 0 aromatic carbocycles. The van der Waals surface area contributed by atoms with Gasteiger partial charge in [0.2, 0.25) is 0 Å². The van der Waals surface area contributed by atoms with Gasteiger partial charge < -0.3 is 19.9 Å². The number of thioether (sulfide) groups is 12. The van der Waals surface area contributed by atoms with Gasteiger partial charge in [-0.15, -0.1) is 47.0 Å². The molecule has 0 aliphatic carbocycles. The molecular formula is C48H60N4S12. The highest BCUT2D eigenvalue weighted by Crippen LogP contribution is 2.69. The van der Waals surface area contributed by atoms with Gasteiger partial charge in [0.15, 0.2) is 0 Å². The molecule has 0 saturated carbocycles. The second-order valence-corrected chi connectivity index (χ2v) is 33.3. The van der Waals surface area contributed by atoms with Crippen molar-refractivity contribution in [3.05, 3.63) is 104 Å². The van der Waals surface area contributed by atoms with Crippen LogP contribution < -0.4 is 0 Å². The van der Waals surface area contributed by atoms with Crippen LogP contribution >= 0.6 is 141 Å². The molecule has 0 spiro atoms. The van der Waals surface area contributed by atoms with Crippen molar-refractivity contribution in [1.29, 1.82) is 0 Å². The quantitative estimate of drug-likeness (QED) is 0.109. The van der Waals surface area contributed by atoms with Gasteiger partial charge in [0, 0.05) is 86.8 Å². The number of nitrogens with one attached hydrogen (secondary N) is 4. The summed E-state index contributed by atoms with van der Waals surface area (Å²) in [6, 6.07) is 9.33. The summed E-state index contributed by atoms with van der Waals surface area (Å²) in [4.78, 5) is 22.1. The number of H-pyrrole nitrogens is 4. The summed E-state index contributed by atoms with van der Waals surface area (Å²) in [5.41, 5.74) is 8.89. The first-order valence-electron chi connectivity index (χ1n) is 22.4. The van der Waals surface area contributed by atoms with Gasteiger partial charge in [-0.1, -0.05) is 122 Å². The summed E-state index contributed by atoms with van der Waals surface area (Å²) in [5.74, 6) is 4.66. The van der Waals surface area contributed by atoms with Crippen LogP contribution in [0.15, 0.2) is 77.7 Å². The minimum atomic E-state index is -0.365. The van der Waals surface area contributed by atoms with E-state index in [1.165, 1.54) is 125 Å². The third-order valence-corrected chi connectivity index (χ3v) is 30.5. The Balaban J connectivity index is 1.20. The lowest BCUT2D eigenvalue weighted by atomic mass is 9.85. The molecule has 4 aromatic heterocycles. The van der Waals surface area contributed by atoms with Crippen LogP contribution in [0, 0.1) is 0 Å². The third kappa shape index (κ3) is 8.88. The fraction of sp³-hybridized carbons (Fsp3) is 0.500. The fourth-order valence-corrected chi connectivity index (χ4v) is 26.3. The number of aromatic nitrogens is 4. The van der Waals surface area contributed by atoms with Crippen LogP contribution in [0.4, 0.5) is 0 Å². The summed E-state index contributed by atoms with van der Waals surface area (Å²) < 4.78 is 11.8. The molecule has 0 unspecified atom stereocenters. The lowest BCUT2D eigenvalue weighted by Gasteiger charge is -2.29. The van der Waals surface area contributed by atoms with Gasteiger partial charge in [-0.05, 0) is 128 Å². The predicted molar refractivity (Wildman–Crippen MR) is 305 cm³/mol. The Morgan fingerprint density at radius 3 is 0.875 bits per heavy atom. The minimum Gasteiger partial charge on any atom is -0.361 e. The van der Waals surface area contributed by atoms with E-state index in [9.17, 15) is 0 Å². The maximum absolute atomic E-state index is 4.26. The highest BCUT2D eigenvalue weighted by molar-refractivity contribution is 8.43. The van der Waals surface area contributed by atoms with Gasteiger partial charge in [0.25, 0.3) is 0 Å². The monoisotopic (exact) mass is 1080 g/mol. The Hall–Kier alpha value is 0.280. The van der Waals surface area contributed by atoms with E-state index in [0.29, 0.717) is 0 Å². The Morgan fingerprint density at radius 2 is 0.594 bits per heavy atom. The van der Waals surface area contributed by atoms with Crippen molar-refractivity contribution in [2.75, 3.05) is 23.0 Å². The third-order valence-electron chi connectivity index (χ3n) is 12.3. The van der Waals surface area contributed by atoms with Crippen LogP contribution in [0.5, 0.6) is 0 Å². The molecule has 9 rings (SSSR count). The van der Waals surface area contributed by atoms with Gasteiger partial charge >= 0.3 is 0 Å². The maximum atomic E-state index is 4.26. The van der Waals surface area contributed by atoms with Crippen LogP contribution in [0.1, 0.15) is 154 Å². The lowest BCUT2D eigenvalue weighted by molar-refractivity contribution is 0.539. The molecule has 8 bridgehead atoms. The van der Waals surface area contributed by atoms with Gasteiger partial charge in [0.05, 0.1) is 33.9 Å². The van der Waals surface area contributed by atoms with E-state index < -0.39 is 0 Å². The largest absolute Gasteiger partial charge is 0.361 e. The first kappa shape index (κ1) is 49.3. The molecular weight excluding hydrogens is 1020 g/mol. The van der Waals surface area contributed by atoms with Crippen LogP contribution in [-0.4, -0.2) is 42.9 Å². The molecule has 4 nitrogen and oxygen atoms in total.